The van der Waals surface area contributed by atoms with E-state index in [4.69, 9.17) is 20.3 Å². The highest BCUT2D eigenvalue weighted by atomic mass is 16.6. The van der Waals surface area contributed by atoms with E-state index >= 15 is 0 Å². The van der Waals surface area contributed by atoms with Gasteiger partial charge in [-0.05, 0) is 0 Å². The molecule has 0 saturated heterocycles. The number of carbonyl (C=O) groups is 1. The van der Waals surface area contributed by atoms with Crippen molar-refractivity contribution in [2.45, 2.75) is 0 Å². The van der Waals surface area contributed by atoms with E-state index in [9.17, 15) is 4.79 Å². The van der Waals surface area contributed by atoms with Gasteiger partial charge in [-0.25, -0.2) is 0 Å². The number of hydrogen-bond acceptors (Lipinski definition) is 6. The summed E-state index contributed by atoms with van der Waals surface area (Å²) in [5.41, 5.74) is -0.287. The first-order chi connectivity index (χ1) is 6.54. The van der Waals surface area contributed by atoms with Crippen LogP contribution in [0.4, 0.5) is 0 Å². The zero-order valence-corrected chi connectivity index (χ0v) is 6.91. The van der Waals surface area contributed by atoms with Crippen LogP contribution in [0, 0.1) is 0 Å². The highest BCUT2D eigenvalue weighted by Crippen LogP contribution is 2.30. The third-order valence-electron chi connectivity index (χ3n) is 1.47. The van der Waals surface area contributed by atoms with Gasteiger partial charge in [0.15, 0.2) is 6.29 Å². The van der Waals surface area contributed by atoms with E-state index in [1.54, 1.807) is 0 Å². The fourth-order valence-electron chi connectivity index (χ4n) is 0.908. The summed E-state index contributed by atoms with van der Waals surface area (Å²) in [4.78, 5) is 10.3. The zero-order chi connectivity index (χ0) is 10.7. The van der Waals surface area contributed by atoms with Gasteiger partial charge in [0, 0.05) is 12.1 Å². The van der Waals surface area contributed by atoms with Gasteiger partial charge < -0.3 is 24.9 Å². The number of carbonyl (C=O) groups excluding carboxylic acids is 1. The summed E-state index contributed by atoms with van der Waals surface area (Å²) in [5, 5.41) is 35.1. The Balaban J connectivity index is 3.07. The van der Waals surface area contributed by atoms with Crippen LogP contribution in [0.2, 0.25) is 0 Å². The second-order valence-electron chi connectivity index (χ2n) is 2.44. The van der Waals surface area contributed by atoms with Crippen LogP contribution in [0.5, 0.6) is 17.2 Å². The Morgan fingerprint density at radius 1 is 1.21 bits per heavy atom. The van der Waals surface area contributed by atoms with Crippen LogP contribution in [0.15, 0.2) is 12.1 Å². The average molecular weight is 198 g/mol. The Bertz CT molecular complexity index is 327. The number of phenols is 2. The van der Waals surface area contributed by atoms with Crippen molar-refractivity contribution in [3.63, 3.8) is 0 Å². The molecule has 6 nitrogen and oxygen atoms in total. The molecule has 0 atom stereocenters. The minimum atomic E-state index is -2.06. The lowest BCUT2D eigenvalue weighted by atomic mass is 10.1. The molecular weight excluding hydrogens is 191 g/mol. The SMILES string of the molecule is O=Cc1c(O)cc(OB(O)O)cc1O. The summed E-state index contributed by atoms with van der Waals surface area (Å²) in [6.07, 6.45) is 0.268. The summed E-state index contributed by atoms with van der Waals surface area (Å²) in [7, 11) is -2.06. The van der Waals surface area contributed by atoms with Gasteiger partial charge in [-0.3, -0.25) is 4.79 Å². The van der Waals surface area contributed by atoms with Crippen molar-refractivity contribution < 1.29 is 29.7 Å². The Morgan fingerprint density at radius 2 is 1.71 bits per heavy atom. The molecule has 0 fully saturated rings. The van der Waals surface area contributed by atoms with E-state index in [-0.39, 0.29) is 17.6 Å². The van der Waals surface area contributed by atoms with Crippen molar-refractivity contribution in [3.8, 4) is 17.2 Å². The van der Waals surface area contributed by atoms with Crippen LogP contribution < -0.4 is 4.65 Å². The van der Waals surface area contributed by atoms with Crippen molar-refractivity contribution >= 4 is 13.6 Å². The van der Waals surface area contributed by atoms with Crippen molar-refractivity contribution in [2.24, 2.45) is 0 Å². The summed E-state index contributed by atoms with van der Waals surface area (Å²) in [5.74, 6) is -1.17. The minimum absolute atomic E-state index is 0.166. The molecule has 1 rings (SSSR count). The summed E-state index contributed by atoms with van der Waals surface area (Å²) >= 11 is 0. The van der Waals surface area contributed by atoms with Crippen LogP contribution in [-0.2, 0) is 0 Å². The van der Waals surface area contributed by atoms with E-state index in [0.717, 1.165) is 12.1 Å². The predicted molar refractivity (Wildman–Crippen MR) is 46.0 cm³/mol. The van der Waals surface area contributed by atoms with Gasteiger partial charge in [-0.2, -0.15) is 0 Å². The number of phenolic OH excluding ortho intramolecular Hbond substituents is 2. The Kier molecular flexibility index (Phi) is 2.95. The number of hydrogen-bond donors (Lipinski definition) is 4. The molecule has 0 amide bonds. The van der Waals surface area contributed by atoms with Crippen molar-refractivity contribution in [3.05, 3.63) is 17.7 Å². The highest BCUT2D eigenvalue weighted by molar-refractivity contribution is 6.33. The topological polar surface area (TPSA) is 107 Å². The molecule has 0 radical (unpaired) electrons. The van der Waals surface area contributed by atoms with Gasteiger partial charge in [-0.15, -0.1) is 0 Å². The molecule has 0 bridgehead atoms. The second kappa shape index (κ2) is 3.99. The van der Waals surface area contributed by atoms with Crippen molar-refractivity contribution in [1.29, 1.82) is 0 Å². The molecule has 74 valence electrons. The maximum absolute atomic E-state index is 10.3. The van der Waals surface area contributed by atoms with E-state index in [0.29, 0.717) is 0 Å². The number of rotatable bonds is 3. The third kappa shape index (κ3) is 2.15. The van der Waals surface area contributed by atoms with Crippen molar-refractivity contribution in [2.75, 3.05) is 0 Å². The molecule has 0 aliphatic carbocycles. The Morgan fingerprint density at radius 3 is 2.07 bits per heavy atom. The molecule has 0 heterocycles. The van der Waals surface area contributed by atoms with Crippen LogP contribution in [-0.4, -0.2) is 33.9 Å². The molecule has 0 aliphatic heterocycles. The smallest absolute Gasteiger partial charge is 0.512 e. The monoisotopic (exact) mass is 198 g/mol. The Labute approximate surface area is 79.2 Å². The number of aromatic hydroxyl groups is 2. The van der Waals surface area contributed by atoms with Gasteiger partial charge in [0.2, 0.25) is 0 Å². The van der Waals surface area contributed by atoms with E-state index in [2.05, 4.69) is 4.65 Å². The van der Waals surface area contributed by atoms with E-state index in [1.165, 1.54) is 0 Å². The summed E-state index contributed by atoms with van der Waals surface area (Å²) < 4.78 is 4.35. The number of aldehydes is 1. The maximum atomic E-state index is 10.3. The second-order valence-corrected chi connectivity index (χ2v) is 2.44. The average Bonchev–Trinajstić information content (AvgIpc) is 2.01. The van der Waals surface area contributed by atoms with Crippen LogP contribution in [0.1, 0.15) is 10.4 Å². The van der Waals surface area contributed by atoms with Crippen LogP contribution in [0.25, 0.3) is 0 Å². The quantitative estimate of drug-likeness (QED) is 0.376. The molecule has 1 aromatic carbocycles. The van der Waals surface area contributed by atoms with E-state index in [1.807, 2.05) is 0 Å². The minimum Gasteiger partial charge on any atom is -0.512 e. The molecule has 0 unspecified atom stereocenters. The van der Waals surface area contributed by atoms with Gasteiger partial charge >= 0.3 is 7.32 Å². The van der Waals surface area contributed by atoms with Crippen molar-refractivity contribution in [1.82, 2.24) is 0 Å². The molecule has 0 aliphatic rings. The standard InChI is InChI=1S/C7H7BO6/c9-3-5-6(10)1-4(2-7(5)11)14-8(12)13/h1-3,10-13H. The maximum Gasteiger partial charge on any atom is 0.707 e. The lowest BCUT2D eigenvalue weighted by molar-refractivity contribution is 0.111. The van der Waals surface area contributed by atoms with E-state index < -0.39 is 18.8 Å². The lowest BCUT2D eigenvalue weighted by Gasteiger charge is -2.07. The Hall–Kier alpha value is -1.73. The molecule has 14 heavy (non-hydrogen) atoms. The predicted octanol–water partition coefficient (Wildman–Crippen LogP) is -0.741. The molecule has 0 saturated carbocycles. The first kappa shape index (κ1) is 10.4. The zero-order valence-electron chi connectivity index (χ0n) is 6.91. The first-order valence-electron chi connectivity index (χ1n) is 3.58. The third-order valence-corrected chi connectivity index (χ3v) is 1.47. The molecule has 0 aromatic heterocycles. The highest BCUT2D eigenvalue weighted by Gasteiger charge is 2.15. The largest absolute Gasteiger partial charge is 0.707 e. The molecular formula is C7H7BO6. The number of benzene rings is 1. The van der Waals surface area contributed by atoms with Gasteiger partial charge in [0.25, 0.3) is 0 Å². The summed E-state index contributed by atoms with van der Waals surface area (Å²) in [6, 6.07) is 1.95. The van der Waals surface area contributed by atoms with Gasteiger partial charge in [0.1, 0.15) is 17.2 Å². The van der Waals surface area contributed by atoms with Gasteiger partial charge in [-0.1, -0.05) is 0 Å². The molecule has 7 heteroatoms. The fourth-order valence-corrected chi connectivity index (χ4v) is 0.908. The lowest BCUT2D eigenvalue weighted by Crippen LogP contribution is -2.20. The first-order valence-corrected chi connectivity index (χ1v) is 3.58. The van der Waals surface area contributed by atoms with Crippen LogP contribution in [0.3, 0.4) is 0 Å². The summed E-state index contributed by atoms with van der Waals surface area (Å²) in [6.45, 7) is 0. The molecule has 4 N–H and O–H groups in total. The fraction of sp³-hybridized carbons (Fsp3) is 0. The normalized spacial score (nSPS) is 9.57. The van der Waals surface area contributed by atoms with Crippen LogP contribution >= 0.6 is 0 Å². The molecule has 1 aromatic rings. The van der Waals surface area contributed by atoms with Gasteiger partial charge in [0.05, 0.1) is 5.56 Å². The molecule has 0 spiro atoms.